The Hall–Kier alpha value is -1.79. The van der Waals surface area contributed by atoms with Crippen LogP contribution in [0.3, 0.4) is 0 Å². The highest BCUT2D eigenvalue weighted by atomic mass is 19.1. The summed E-state index contributed by atoms with van der Waals surface area (Å²) in [6.45, 7) is 12.2. The molecule has 2 rings (SSSR count). The Labute approximate surface area is 156 Å². The second-order valence-electron chi connectivity index (χ2n) is 8.13. The van der Waals surface area contributed by atoms with E-state index in [2.05, 4.69) is 11.9 Å². The van der Waals surface area contributed by atoms with Gasteiger partial charge in [0, 0.05) is 12.6 Å². The molecule has 0 saturated carbocycles. The average Bonchev–Trinajstić information content (AvgIpc) is 2.85. The minimum atomic E-state index is -0.845. The third-order valence-corrected chi connectivity index (χ3v) is 4.67. The fourth-order valence-electron chi connectivity index (χ4n) is 3.11. The first kappa shape index (κ1) is 20.5. The van der Waals surface area contributed by atoms with E-state index in [0.717, 1.165) is 5.56 Å². The zero-order valence-corrected chi connectivity index (χ0v) is 16.7. The van der Waals surface area contributed by atoms with E-state index in [1.807, 2.05) is 52.8 Å². The molecular weight excluding hydrogens is 333 g/mol. The first-order chi connectivity index (χ1) is 12.0. The highest BCUT2D eigenvalue weighted by molar-refractivity contribution is 5.51. The van der Waals surface area contributed by atoms with Gasteiger partial charge in [-0.25, -0.2) is 4.39 Å². The van der Waals surface area contributed by atoms with Crippen LogP contribution in [0.1, 0.15) is 45.7 Å². The van der Waals surface area contributed by atoms with E-state index in [-0.39, 0.29) is 23.5 Å². The highest BCUT2D eigenvalue weighted by Crippen LogP contribution is 2.30. The minimum absolute atomic E-state index is 0.120. The van der Waals surface area contributed by atoms with Crippen LogP contribution in [0, 0.1) is 5.82 Å². The molecule has 0 radical (unpaired) electrons. The summed E-state index contributed by atoms with van der Waals surface area (Å²) < 4.78 is 20.3. The quantitative estimate of drug-likeness (QED) is 0.758. The highest BCUT2D eigenvalue weighted by Gasteiger charge is 2.35. The number of ether oxygens (including phenoxy) is 1. The summed E-state index contributed by atoms with van der Waals surface area (Å²) in [5.41, 5.74) is 0.962. The van der Waals surface area contributed by atoms with Crippen molar-refractivity contribution in [3.05, 3.63) is 42.0 Å². The van der Waals surface area contributed by atoms with Crippen molar-refractivity contribution in [3.8, 4) is 0 Å². The van der Waals surface area contributed by atoms with Gasteiger partial charge in [-0.2, -0.15) is 0 Å². The normalized spacial score (nSPS) is 21.8. The van der Waals surface area contributed by atoms with E-state index >= 15 is 0 Å². The van der Waals surface area contributed by atoms with Crippen LogP contribution in [0.25, 0.3) is 0 Å². The predicted octanol–water partition coefficient (Wildman–Crippen LogP) is 3.22. The number of anilines is 1. The molecule has 1 aliphatic rings. The maximum atomic E-state index is 14.7. The molecule has 1 saturated heterocycles. The van der Waals surface area contributed by atoms with E-state index in [1.165, 1.54) is 0 Å². The van der Waals surface area contributed by atoms with E-state index in [4.69, 9.17) is 4.74 Å². The lowest BCUT2D eigenvalue weighted by Crippen LogP contribution is -2.43. The molecule has 0 bridgehead atoms. The molecule has 5 nitrogen and oxygen atoms in total. The van der Waals surface area contributed by atoms with Crippen LogP contribution in [-0.4, -0.2) is 48.5 Å². The fraction of sp³-hybridized carbons (Fsp3) is 0.600. The van der Waals surface area contributed by atoms with Crippen LogP contribution in [-0.2, 0) is 4.74 Å². The number of nitrogens with one attached hydrogen (secondary N) is 1. The van der Waals surface area contributed by atoms with E-state index in [0.29, 0.717) is 24.5 Å². The lowest BCUT2D eigenvalue weighted by atomic mass is 10.1. The summed E-state index contributed by atoms with van der Waals surface area (Å²) in [6.07, 6.45) is -0.176. The van der Waals surface area contributed by atoms with Gasteiger partial charge >= 0.3 is 0 Å². The van der Waals surface area contributed by atoms with Crippen molar-refractivity contribution in [3.63, 3.8) is 0 Å². The summed E-state index contributed by atoms with van der Waals surface area (Å²) >= 11 is 0. The molecule has 1 aromatic rings. The van der Waals surface area contributed by atoms with Crippen LogP contribution < -0.4 is 10.2 Å². The smallest absolute Gasteiger partial charge is 0.180 e. The molecule has 3 unspecified atom stereocenters. The van der Waals surface area contributed by atoms with E-state index < -0.39 is 6.23 Å². The summed E-state index contributed by atoms with van der Waals surface area (Å²) in [6, 6.07) is 5.07. The summed E-state index contributed by atoms with van der Waals surface area (Å²) in [4.78, 5) is 3.71. The standard InChI is InChI=1S/C20H32FN3O2/c1-13(23(6)7)15-8-9-18(16(21)12-15)24-11-10-17(19(24)25)22-14(2)26-20(3,4)5/h8-9,12-13,17,19,22,25H,2,10-11H2,1,3-7H3. The Bertz CT molecular complexity index is 642. The van der Waals surface area contributed by atoms with Crippen LogP contribution in [0.2, 0.25) is 0 Å². The molecule has 1 fully saturated rings. The van der Waals surface area contributed by atoms with Crippen LogP contribution in [0.15, 0.2) is 30.7 Å². The van der Waals surface area contributed by atoms with Crippen LogP contribution in [0.5, 0.6) is 0 Å². The Morgan fingerprint density at radius 2 is 2.08 bits per heavy atom. The minimum Gasteiger partial charge on any atom is -0.474 e. The first-order valence-corrected chi connectivity index (χ1v) is 9.04. The number of rotatable bonds is 6. The Morgan fingerprint density at radius 3 is 2.62 bits per heavy atom. The van der Waals surface area contributed by atoms with Crippen molar-refractivity contribution in [1.29, 1.82) is 0 Å². The molecule has 1 aliphatic heterocycles. The molecular formula is C20H32FN3O2. The van der Waals surface area contributed by atoms with Gasteiger partial charge < -0.3 is 25.0 Å². The second kappa shape index (κ2) is 7.84. The number of aliphatic hydroxyl groups excluding tert-OH is 1. The van der Waals surface area contributed by atoms with Gasteiger partial charge in [0.05, 0.1) is 11.7 Å². The SMILES string of the molecule is C=C(NC1CCN(c2ccc(C(C)N(C)C)cc2F)C1O)OC(C)(C)C. The Balaban J connectivity index is 2.08. The lowest BCUT2D eigenvalue weighted by molar-refractivity contribution is 0.0320. The maximum Gasteiger partial charge on any atom is 0.180 e. The van der Waals surface area contributed by atoms with Gasteiger partial charge in [-0.15, -0.1) is 0 Å². The zero-order valence-electron chi connectivity index (χ0n) is 16.7. The van der Waals surface area contributed by atoms with Gasteiger partial charge in [0.2, 0.25) is 0 Å². The third-order valence-electron chi connectivity index (χ3n) is 4.67. The van der Waals surface area contributed by atoms with Gasteiger partial charge in [0.15, 0.2) is 5.88 Å². The summed E-state index contributed by atoms with van der Waals surface area (Å²) in [5.74, 6) is 0.0969. The molecule has 0 amide bonds. The van der Waals surface area contributed by atoms with Crippen molar-refractivity contribution >= 4 is 5.69 Å². The predicted molar refractivity (Wildman–Crippen MR) is 103 cm³/mol. The second-order valence-corrected chi connectivity index (χ2v) is 8.13. The molecule has 6 heteroatoms. The van der Waals surface area contributed by atoms with Crippen LogP contribution >= 0.6 is 0 Å². The average molecular weight is 365 g/mol. The fourth-order valence-corrected chi connectivity index (χ4v) is 3.11. The number of benzene rings is 1. The molecule has 26 heavy (non-hydrogen) atoms. The Morgan fingerprint density at radius 1 is 1.42 bits per heavy atom. The van der Waals surface area contributed by atoms with Gasteiger partial charge in [0.1, 0.15) is 17.6 Å². The topological polar surface area (TPSA) is 48.0 Å². The lowest BCUT2D eigenvalue weighted by Gasteiger charge is -2.29. The zero-order chi connectivity index (χ0) is 19.6. The molecule has 0 spiro atoms. The molecule has 0 aliphatic carbocycles. The van der Waals surface area contributed by atoms with Crippen molar-refractivity contribution in [2.24, 2.45) is 0 Å². The van der Waals surface area contributed by atoms with Crippen molar-refractivity contribution in [2.45, 2.75) is 58.0 Å². The van der Waals surface area contributed by atoms with Gasteiger partial charge in [-0.3, -0.25) is 0 Å². The number of hydrogen-bond donors (Lipinski definition) is 2. The monoisotopic (exact) mass is 365 g/mol. The number of aliphatic hydroxyl groups is 1. The maximum absolute atomic E-state index is 14.7. The Kier molecular flexibility index (Phi) is 6.19. The molecule has 0 aromatic heterocycles. The van der Waals surface area contributed by atoms with Crippen molar-refractivity contribution in [2.75, 3.05) is 25.5 Å². The molecule has 3 atom stereocenters. The summed E-state index contributed by atoms with van der Waals surface area (Å²) in [7, 11) is 3.92. The molecule has 1 aromatic carbocycles. The van der Waals surface area contributed by atoms with Gasteiger partial charge in [-0.1, -0.05) is 6.07 Å². The number of nitrogens with zero attached hydrogens (tertiary/aromatic N) is 2. The van der Waals surface area contributed by atoms with Crippen molar-refractivity contribution < 1.29 is 14.2 Å². The number of halogens is 1. The molecule has 1 heterocycles. The molecule has 146 valence electrons. The van der Waals surface area contributed by atoms with E-state index in [9.17, 15) is 9.50 Å². The van der Waals surface area contributed by atoms with Gasteiger partial charge in [-0.05, 0) is 72.5 Å². The largest absolute Gasteiger partial charge is 0.474 e. The van der Waals surface area contributed by atoms with Crippen LogP contribution in [0.4, 0.5) is 10.1 Å². The third kappa shape index (κ3) is 4.89. The van der Waals surface area contributed by atoms with E-state index in [1.54, 1.807) is 17.0 Å². The summed E-state index contributed by atoms with van der Waals surface area (Å²) in [5, 5.41) is 13.7. The molecule has 2 N–H and O–H groups in total. The van der Waals surface area contributed by atoms with Crippen molar-refractivity contribution in [1.82, 2.24) is 10.2 Å². The van der Waals surface area contributed by atoms with Gasteiger partial charge in [0.25, 0.3) is 0 Å². The first-order valence-electron chi connectivity index (χ1n) is 9.04. The number of hydrogen-bond acceptors (Lipinski definition) is 5.